The molecule has 0 bridgehead atoms. The molecule has 3 heteroatoms. The van der Waals surface area contributed by atoms with Gasteiger partial charge in [0.1, 0.15) is 11.5 Å². The van der Waals surface area contributed by atoms with E-state index >= 15 is 0 Å². The van der Waals surface area contributed by atoms with E-state index in [-0.39, 0.29) is 23.4 Å². The van der Waals surface area contributed by atoms with Gasteiger partial charge >= 0.3 is 0 Å². The number of benzene rings is 1. The molecule has 3 aliphatic rings. The molecule has 0 saturated heterocycles. The molecule has 6 atom stereocenters. The number of carbonyl (C=O) groups excluding carboxylic acids is 1. The quantitative estimate of drug-likeness (QED) is 0.900. The molecule has 3 nitrogen and oxygen atoms in total. The molecule has 0 radical (unpaired) electrons. The second-order valence-corrected chi connectivity index (χ2v) is 8.42. The van der Waals surface area contributed by atoms with Crippen LogP contribution in [0.25, 0.3) is 0 Å². The number of aliphatic hydroxyl groups excluding tert-OH is 1. The Labute approximate surface area is 144 Å². The first-order valence-electron chi connectivity index (χ1n) is 9.31. The van der Waals surface area contributed by atoms with Crippen LogP contribution in [-0.4, -0.2) is 24.1 Å². The third kappa shape index (κ3) is 2.17. The number of methoxy groups -OCH3 is 1. The monoisotopic (exact) mass is 328 g/mol. The molecule has 0 aliphatic heterocycles. The molecule has 1 aromatic carbocycles. The zero-order valence-corrected chi connectivity index (χ0v) is 14.9. The summed E-state index contributed by atoms with van der Waals surface area (Å²) >= 11 is 0. The summed E-state index contributed by atoms with van der Waals surface area (Å²) in [5, 5.41) is 11.0. The molecule has 3 aliphatic carbocycles. The van der Waals surface area contributed by atoms with Crippen LogP contribution in [0.3, 0.4) is 0 Å². The van der Waals surface area contributed by atoms with Crippen molar-refractivity contribution in [2.45, 2.75) is 58.0 Å². The van der Waals surface area contributed by atoms with Crippen molar-refractivity contribution in [3.63, 3.8) is 0 Å². The lowest BCUT2D eigenvalue weighted by molar-refractivity contribution is -0.128. The van der Waals surface area contributed by atoms with Crippen LogP contribution in [0.4, 0.5) is 0 Å². The van der Waals surface area contributed by atoms with Crippen LogP contribution in [0.1, 0.15) is 56.6 Å². The Morgan fingerprint density at radius 1 is 1.29 bits per heavy atom. The van der Waals surface area contributed by atoms with Gasteiger partial charge < -0.3 is 9.84 Å². The Morgan fingerprint density at radius 2 is 2.08 bits per heavy atom. The number of hydrogen-bond acceptors (Lipinski definition) is 3. The number of fused-ring (bicyclic) bond motifs is 5. The molecule has 0 aromatic heterocycles. The summed E-state index contributed by atoms with van der Waals surface area (Å²) in [5.74, 6) is 2.64. The highest BCUT2D eigenvalue weighted by Crippen LogP contribution is 2.63. The van der Waals surface area contributed by atoms with Gasteiger partial charge in [0.15, 0.2) is 0 Å². The lowest BCUT2D eigenvalue weighted by Crippen LogP contribution is -2.49. The molecule has 1 aromatic rings. The molecule has 0 spiro atoms. The van der Waals surface area contributed by atoms with Crippen molar-refractivity contribution in [1.29, 1.82) is 0 Å². The molecule has 2 saturated carbocycles. The second-order valence-electron chi connectivity index (χ2n) is 8.42. The summed E-state index contributed by atoms with van der Waals surface area (Å²) < 4.78 is 5.37. The number of aryl methyl sites for hydroxylation is 1. The SMILES string of the molecule is COc1ccc2c(c1)CCC1C2C(O)C[C@]2(C)C(C(C)=O)CCC12. The minimum Gasteiger partial charge on any atom is -0.497 e. The van der Waals surface area contributed by atoms with Crippen LogP contribution in [0.15, 0.2) is 18.2 Å². The zero-order valence-electron chi connectivity index (χ0n) is 14.9. The Morgan fingerprint density at radius 3 is 2.79 bits per heavy atom. The Hall–Kier alpha value is -1.35. The maximum absolute atomic E-state index is 12.1. The van der Waals surface area contributed by atoms with Gasteiger partial charge in [-0.25, -0.2) is 0 Å². The molecule has 1 N–H and O–H groups in total. The van der Waals surface area contributed by atoms with E-state index in [2.05, 4.69) is 19.1 Å². The van der Waals surface area contributed by atoms with E-state index in [4.69, 9.17) is 4.74 Å². The van der Waals surface area contributed by atoms with Crippen LogP contribution < -0.4 is 4.74 Å². The van der Waals surface area contributed by atoms with Gasteiger partial charge in [-0.05, 0) is 79.5 Å². The molecule has 4 rings (SSSR count). The maximum atomic E-state index is 12.1. The standard InChI is InChI=1S/C21H28O3/c1-12(22)17-8-9-18-16-6-4-13-10-14(24-3)5-7-15(13)20(16)19(23)11-21(17,18)2/h5,7,10,16-20,23H,4,6,8-9,11H2,1-3H3/t16?,17?,18?,19?,20?,21-/m1/s1. The summed E-state index contributed by atoms with van der Waals surface area (Å²) in [7, 11) is 1.70. The van der Waals surface area contributed by atoms with Crippen LogP contribution >= 0.6 is 0 Å². The third-order valence-corrected chi connectivity index (χ3v) is 7.40. The number of ketones is 1. The van der Waals surface area contributed by atoms with Crippen LogP contribution in [-0.2, 0) is 11.2 Å². The smallest absolute Gasteiger partial charge is 0.133 e. The summed E-state index contributed by atoms with van der Waals surface area (Å²) in [4.78, 5) is 12.1. The predicted molar refractivity (Wildman–Crippen MR) is 93.2 cm³/mol. The number of ether oxygens (including phenoxy) is 1. The van der Waals surface area contributed by atoms with Crippen LogP contribution in [0, 0.1) is 23.2 Å². The van der Waals surface area contributed by atoms with Crippen molar-refractivity contribution in [3.8, 4) is 5.75 Å². The fourth-order valence-corrected chi connectivity index (χ4v) is 6.43. The summed E-state index contributed by atoms with van der Waals surface area (Å²) in [6, 6.07) is 6.32. The first-order valence-corrected chi connectivity index (χ1v) is 9.31. The predicted octanol–water partition coefficient (Wildman–Crippen LogP) is 3.73. The van der Waals surface area contributed by atoms with Gasteiger partial charge in [-0.3, -0.25) is 4.79 Å². The summed E-state index contributed by atoms with van der Waals surface area (Å²) in [5.41, 5.74) is 2.63. The van der Waals surface area contributed by atoms with Gasteiger partial charge in [-0.1, -0.05) is 13.0 Å². The Balaban J connectivity index is 1.72. The van der Waals surface area contributed by atoms with E-state index in [1.807, 2.05) is 6.07 Å². The number of rotatable bonds is 2. The van der Waals surface area contributed by atoms with E-state index in [0.717, 1.165) is 37.9 Å². The summed E-state index contributed by atoms with van der Waals surface area (Å²) in [6.45, 7) is 4.00. The normalized spacial score (nSPS) is 40.4. The summed E-state index contributed by atoms with van der Waals surface area (Å²) in [6.07, 6.45) is 4.73. The minimum absolute atomic E-state index is 0.0175. The first kappa shape index (κ1) is 16.1. The van der Waals surface area contributed by atoms with Gasteiger partial charge in [0, 0.05) is 11.8 Å². The van der Waals surface area contributed by atoms with Crippen molar-refractivity contribution in [3.05, 3.63) is 29.3 Å². The molecular formula is C21H28O3. The van der Waals surface area contributed by atoms with Gasteiger partial charge in [0.25, 0.3) is 0 Å². The highest BCUT2D eigenvalue weighted by molar-refractivity contribution is 5.79. The average molecular weight is 328 g/mol. The topological polar surface area (TPSA) is 46.5 Å². The van der Waals surface area contributed by atoms with Gasteiger partial charge in [0.2, 0.25) is 0 Å². The van der Waals surface area contributed by atoms with E-state index in [0.29, 0.717) is 17.6 Å². The lowest BCUT2D eigenvalue weighted by Gasteiger charge is -2.52. The van der Waals surface area contributed by atoms with Crippen molar-refractivity contribution < 1.29 is 14.6 Å². The molecule has 5 unspecified atom stereocenters. The van der Waals surface area contributed by atoms with Gasteiger partial charge in [0.05, 0.1) is 13.2 Å². The van der Waals surface area contributed by atoms with Gasteiger partial charge in [-0.2, -0.15) is 0 Å². The van der Waals surface area contributed by atoms with Crippen molar-refractivity contribution in [2.75, 3.05) is 7.11 Å². The Bertz CT molecular complexity index is 667. The largest absolute Gasteiger partial charge is 0.497 e. The highest BCUT2D eigenvalue weighted by atomic mass is 16.5. The van der Waals surface area contributed by atoms with E-state index < -0.39 is 0 Å². The highest BCUT2D eigenvalue weighted by Gasteiger charge is 2.58. The number of Topliss-reactive ketones (excluding diaryl/α,β-unsaturated/α-hetero) is 1. The average Bonchev–Trinajstić information content (AvgIpc) is 2.90. The number of aliphatic hydroxyl groups is 1. The molecule has 24 heavy (non-hydrogen) atoms. The van der Waals surface area contributed by atoms with E-state index in [1.54, 1.807) is 14.0 Å². The Kier molecular flexibility index (Phi) is 3.76. The molecule has 130 valence electrons. The number of carbonyl (C=O) groups is 1. The van der Waals surface area contributed by atoms with Gasteiger partial charge in [-0.15, -0.1) is 0 Å². The van der Waals surface area contributed by atoms with E-state index in [9.17, 15) is 9.90 Å². The van der Waals surface area contributed by atoms with Crippen molar-refractivity contribution in [1.82, 2.24) is 0 Å². The molecule has 2 fully saturated rings. The van der Waals surface area contributed by atoms with Crippen molar-refractivity contribution in [2.24, 2.45) is 23.2 Å². The second kappa shape index (κ2) is 5.59. The fourth-order valence-electron chi connectivity index (χ4n) is 6.43. The lowest BCUT2D eigenvalue weighted by atomic mass is 9.53. The zero-order chi connectivity index (χ0) is 17.1. The number of hydrogen-bond donors (Lipinski definition) is 1. The van der Waals surface area contributed by atoms with E-state index in [1.165, 1.54) is 11.1 Å². The third-order valence-electron chi connectivity index (χ3n) is 7.40. The van der Waals surface area contributed by atoms with Crippen LogP contribution in [0.5, 0.6) is 5.75 Å². The minimum atomic E-state index is -0.344. The first-order chi connectivity index (χ1) is 11.5. The van der Waals surface area contributed by atoms with Crippen molar-refractivity contribution >= 4 is 5.78 Å². The maximum Gasteiger partial charge on any atom is 0.133 e. The fraction of sp³-hybridized carbons (Fsp3) is 0.667. The molecule has 0 amide bonds. The molecular weight excluding hydrogens is 300 g/mol. The molecule has 0 heterocycles. The van der Waals surface area contributed by atoms with Crippen LogP contribution in [0.2, 0.25) is 0 Å².